The summed E-state index contributed by atoms with van der Waals surface area (Å²) in [7, 11) is 1.48. The number of ether oxygens (including phenoxy) is 1. The van der Waals surface area contributed by atoms with Gasteiger partial charge >= 0.3 is 0 Å². The Kier molecular flexibility index (Phi) is 6.16. The first kappa shape index (κ1) is 22.7. The zero-order valence-corrected chi connectivity index (χ0v) is 21.1. The van der Waals surface area contributed by atoms with Crippen LogP contribution in [0.4, 0.5) is 0 Å². The summed E-state index contributed by atoms with van der Waals surface area (Å²) < 4.78 is 7.96. The Bertz CT molecular complexity index is 1590. The van der Waals surface area contributed by atoms with E-state index in [1.54, 1.807) is 22.8 Å². The highest BCUT2D eigenvalue weighted by Gasteiger charge is 2.22. The SMILES string of the molecule is COc1cc(C=c2sc3n(c2=O)C(c2ccc(Cl)cc2)C=C(c2ccccc2)N=3)cc(Br)c1O. The van der Waals surface area contributed by atoms with Crippen LogP contribution < -0.4 is 19.6 Å². The largest absolute Gasteiger partial charge is 0.503 e. The lowest BCUT2D eigenvalue weighted by Crippen LogP contribution is -2.36. The van der Waals surface area contributed by atoms with Crippen LogP contribution in [0.3, 0.4) is 0 Å². The molecule has 1 aliphatic rings. The minimum atomic E-state index is -0.327. The molecule has 1 N–H and O–H groups in total. The van der Waals surface area contributed by atoms with Crippen LogP contribution in [0, 0.1) is 0 Å². The Morgan fingerprint density at radius 1 is 1.15 bits per heavy atom. The molecule has 34 heavy (non-hydrogen) atoms. The monoisotopic (exact) mass is 552 g/mol. The average molecular weight is 554 g/mol. The van der Waals surface area contributed by atoms with E-state index < -0.39 is 0 Å². The summed E-state index contributed by atoms with van der Waals surface area (Å²) in [4.78, 5) is 19.0. The van der Waals surface area contributed by atoms with Gasteiger partial charge in [0.1, 0.15) is 0 Å². The maximum atomic E-state index is 13.6. The molecule has 2 heterocycles. The van der Waals surface area contributed by atoms with E-state index in [1.807, 2.05) is 60.7 Å². The van der Waals surface area contributed by atoms with Crippen LogP contribution in [0.5, 0.6) is 11.5 Å². The smallest absolute Gasteiger partial charge is 0.271 e. The molecule has 0 radical (unpaired) electrons. The number of fused-ring (bicyclic) bond motifs is 1. The average Bonchev–Trinajstić information content (AvgIpc) is 3.16. The number of aromatic nitrogens is 1. The summed E-state index contributed by atoms with van der Waals surface area (Å²) in [6, 6.07) is 20.5. The molecule has 0 aliphatic carbocycles. The van der Waals surface area contributed by atoms with E-state index >= 15 is 0 Å². The lowest BCUT2D eigenvalue weighted by atomic mass is 10.0. The second kappa shape index (κ2) is 9.25. The lowest BCUT2D eigenvalue weighted by Gasteiger charge is -2.19. The molecule has 0 spiro atoms. The third-order valence-electron chi connectivity index (χ3n) is 5.50. The van der Waals surface area contributed by atoms with Crippen molar-refractivity contribution in [3.8, 4) is 11.5 Å². The van der Waals surface area contributed by atoms with Gasteiger partial charge in [0.05, 0.1) is 27.9 Å². The third-order valence-corrected chi connectivity index (χ3v) is 7.34. The lowest BCUT2D eigenvalue weighted by molar-refractivity contribution is 0.372. The van der Waals surface area contributed by atoms with E-state index in [9.17, 15) is 9.90 Å². The maximum absolute atomic E-state index is 13.6. The van der Waals surface area contributed by atoms with E-state index in [0.717, 1.165) is 22.4 Å². The molecule has 5 nitrogen and oxygen atoms in total. The molecule has 170 valence electrons. The van der Waals surface area contributed by atoms with E-state index in [0.29, 0.717) is 24.6 Å². The van der Waals surface area contributed by atoms with Crippen molar-refractivity contribution in [3.63, 3.8) is 0 Å². The summed E-state index contributed by atoms with van der Waals surface area (Å²) in [6.45, 7) is 0. The minimum Gasteiger partial charge on any atom is -0.503 e. The van der Waals surface area contributed by atoms with Crippen LogP contribution in [0.25, 0.3) is 11.8 Å². The summed E-state index contributed by atoms with van der Waals surface area (Å²) in [5.41, 5.74) is 3.30. The van der Waals surface area contributed by atoms with E-state index in [2.05, 4.69) is 15.9 Å². The number of hydrogen-bond donors (Lipinski definition) is 1. The van der Waals surface area contributed by atoms with Crippen LogP contribution in [0.1, 0.15) is 22.7 Å². The molecule has 1 atom stereocenters. The number of hydrogen-bond acceptors (Lipinski definition) is 5. The molecule has 1 aromatic heterocycles. The van der Waals surface area contributed by atoms with Gasteiger partial charge in [0.25, 0.3) is 5.56 Å². The van der Waals surface area contributed by atoms with Crippen LogP contribution in [0.2, 0.25) is 5.02 Å². The molecule has 4 aromatic rings. The van der Waals surface area contributed by atoms with Crippen LogP contribution in [-0.2, 0) is 0 Å². The Hall–Kier alpha value is -3.13. The highest BCUT2D eigenvalue weighted by molar-refractivity contribution is 9.10. The zero-order valence-electron chi connectivity index (χ0n) is 17.9. The van der Waals surface area contributed by atoms with Crippen molar-refractivity contribution in [2.75, 3.05) is 7.11 Å². The summed E-state index contributed by atoms with van der Waals surface area (Å²) in [5.74, 6) is 0.329. The molecular weight excluding hydrogens is 536 g/mol. The first-order chi connectivity index (χ1) is 16.4. The third kappa shape index (κ3) is 4.22. The number of allylic oxidation sites excluding steroid dienone is 1. The first-order valence-electron chi connectivity index (χ1n) is 10.4. The van der Waals surface area contributed by atoms with E-state index in [4.69, 9.17) is 21.3 Å². The van der Waals surface area contributed by atoms with Crippen LogP contribution >= 0.6 is 38.9 Å². The van der Waals surface area contributed by atoms with Gasteiger partial charge in [-0.05, 0) is 69.0 Å². The van der Waals surface area contributed by atoms with Crippen molar-refractivity contribution in [2.45, 2.75) is 6.04 Å². The van der Waals surface area contributed by atoms with Crippen LogP contribution in [-0.4, -0.2) is 16.8 Å². The normalized spacial score (nSPS) is 15.4. The number of nitrogens with zero attached hydrogens (tertiary/aromatic N) is 2. The van der Waals surface area contributed by atoms with Gasteiger partial charge in [-0.2, -0.15) is 0 Å². The molecule has 0 bridgehead atoms. The number of benzene rings is 3. The van der Waals surface area contributed by atoms with Gasteiger partial charge in [0.2, 0.25) is 0 Å². The Morgan fingerprint density at radius 2 is 1.88 bits per heavy atom. The van der Waals surface area contributed by atoms with Gasteiger partial charge in [-0.25, -0.2) is 4.99 Å². The van der Waals surface area contributed by atoms with Crippen molar-refractivity contribution in [2.24, 2.45) is 4.99 Å². The second-order valence-corrected chi connectivity index (χ2v) is 9.95. The van der Waals surface area contributed by atoms with Crippen molar-refractivity contribution >= 4 is 50.6 Å². The predicted octanol–water partition coefficient (Wildman–Crippen LogP) is 5.13. The molecule has 0 saturated carbocycles. The molecule has 1 aliphatic heterocycles. The summed E-state index contributed by atoms with van der Waals surface area (Å²) in [5, 5.41) is 10.7. The molecule has 1 unspecified atom stereocenters. The topological polar surface area (TPSA) is 63.8 Å². The van der Waals surface area contributed by atoms with Gasteiger partial charge in [-0.3, -0.25) is 9.36 Å². The van der Waals surface area contributed by atoms with E-state index in [1.165, 1.54) is 18.4 Å². The van der Waals surface area contributed by atoms with Crippen LogP contribution in [0.15, 0.2) is 87.1 Å². The standard InChI is InChI=1S/C26H18BrClN2O3S/c1-33-22-12-15(11-19(27)24(22)31)13-23-25(32)30-21(17-7-9-18(28)10-8-17)14-20(29-26(30)34-23)16-5-3-2-4-6-16/h2-14,21,31H,1H3. The second-order valence-electron chi connectivity index (χ2n) is 7.65. The molecule has 8 heteroatoms. The number of halogens is 2. The Labute approximate surface area is 212 Å². The van der Waals surface area contributed by atoms with Crippen molar-refractivity contribution < 1.29 is 9.84 Å². The molecule has 0 saturated heterocycles. The molecule has 0 fully saturated rings. The number of phenols is 1. The van der Waals surface area contributed by atoms with Gasteiger partial charge < -0.3 is 9.84 Å². The summed E-state index contributed by atoms with van der Waals surface area (Å²) >= 11 is 10.8. The summed E-state index contributed by atoms with van der Waals surface area (Å²) in [6.07, 6.45) is 3.78. The number of methoxy groups -OCH3 is 1. The van der Waals surface area contributed by atoms with Crippen molar-refractivity contribution in [3.05, 3.63) is 119 Å². The highest BCUT2D eigenvalue weighted by atomic mass is 79.9. The minimum absolute atomic E-state index is 0.0105. The first-order valence-corrected chi connectivity index (χ1v) is 12.3. The predicted molar refractivity (Wildman–Crippen MR) is 139 cm³/mol. The number of phenolic OH excluding ortho intramolecular Hbond substituents is 1. The molecule has 5 rings (SSSR count). The Balaban J connectivity index is 1.72. The van der Waals surface area contributed by atoms with Gasteiger partial charge in [-0.1, -0.05) is 65.4 Å². The van der Waals surface area contributed by atoms with Gasteiger partial charge in [-0.15, -0.1) is 0 Å². The van der Waals surface area contributed by atoms with E-state index in [-0.39, 0.29) is 17.4 Å². The fraction of sp³-hybridized carbons (Fsp3) is 0.0769. The number of aromatic hydroxyl groups is 1. The van der Waals surface area contributed by atoms with Crippen molar-refractivity contribution in [1.82, 2.24) is 4.57 Å². The van der Waals surface area contributed by atoms with Gasteiger partial charge in [0, 0.05) is 5.02 Å². The quantitative estimate of drug-likeness (QED) is 0.381. The fourth-order valence-corrected chi connectivity index (χ4v) is 5.44. The van der Waals surface area contributed by atoms with Gasteiger partial charge in [0.15, 0.2) is 16.3 Å². The molecule has 0 amide bonds. The zero-order chi connectivity index (χ0) is 23.8. The number of thiazole rings is 1. The Morgan fingerprint density at radius 3 is 2.59 bits per heavy atom. The molecular formula is C26H18BrClN2O3S. The molecule has 3 aromatic carbocycles. The van der Waals surface area contributed by atoms with Crippen molar-refractivity contribution in [1.29, 1.82) is 0 Å². The maximum Gasteiger partial charge on any atom is 0.271 e. The highest BCUT2D eigenvalue weighted by Crippen LogP contribution is 2.35. The number of rotatable bonds is 4. The fourth-order valence-electron chi connectivity index (χ4n) is 3.83.